The smallest absolute Gasteiger partial charge is 0.345 e. The quantitative estimate of drug-likeness (QED) is 0.342. The molecule has 3 aromatic rings. The summed E-state index contributed by atoms with van der Waals surface area (Å²) < 4.78 is 40.2. The molecule has 3 heterocycles. The monoisotopic (exact) mass is 551 g/mol. The molecular weight excluding hydrogens is 519 g/mol. The van der Waals surface area contributed by atoms with Crippen molar-refractivity contribution in [1.29, 1.82) is 0 Å². The van der Waals surface area contributed by atoms with Crippen molar-refractivity contribution in [3.63, 3.8) is 0 Å². The molecule has 1 N–H and O–H groups in total. The Labute approximate surface area is 230 Å². The third-order valence-electron chi connectivity index (χ3n) is 8.16. The number of nitrogens with one attached hydrogen (secondary N) is 1. The van der Waals surface area contributed by atoms with E-state index < -0.39 is 17.6 Å². The Kier molecular flexibility index (Phi) is 7.37. The van der Waals surface area contributed by atoms with E-state index in [2.05, 4.69) is 36.9 Å². The van der Waals surface area contributed by atoms with Crippen LogP contribution in [0.15, 0.2) is 36.2 Å². The number of unbranched alkanes of at least 4 members (excludes halogenated alkanes) is 1. The number of carbonyl (C=O) groups excluding carboxylic acids is 1. The molecule has 40 heavy (non-hydrogen) atoms. The van der Waals surface area contributed by atoms with Gasteiger partial charge in [-0.25, -0.2) is 0 Å². The molecule has 0 aliphatic heterocycles. The van der Waals surface area contributed by atoms with Gasteiger partial charge < -0.3 is 5.32 Å². The number of fused-ring (bicyclic) bond motifs is 1. The molecule has 1 amide bonds. The van der Waals surface area contributed by atoms with E-state index in [-0.39, 0.29) is 17.9 Å². The molecule has 0 radical (unpaired) electrons. The fraction of sp³-hybridized carbons (Fsp3) is 0.517. The van der Waals surface area contributed by atoms with Gasteiger partial charge in [0.15, 0.2) is 5.69 Å². The molecular formula is C29H32F3N7O. The topological polar surface area (TPSA) is 98.5 Å². The van der Waals surface area contributed by atoms with Gasteiger partial charge in [0.05, 0.1) is 35.4 Å². The zero-order chi connectivity index (χ0) is 27.7. The van der Waals surface area contributed by atoms with Crippen molar-refractivity contribution in [3.05, 3.63) is 70.1 Å². The summed E-state index contributed by atoms with van der Waals surface area (Å²) in [5.74, 6) is 0.935. The fourth-order valence-corrected chi connectivity index (χ4v) is 5.99. The lowest BCUT2D eigenvalue weighted by atomic mass is 9.91. The van der Waals surface area contributed by atoms with Crippen LogP contribution in [-0.2, 0) is 32.1 Å². The van der Waals surface area contributed by atoms with Gasteiger partial charge in [0.2, 0.25) is 0 Å². The first-order chi connectivity index (χ1) is 19.3. The van der Waals surface area contributed by atoms with E-state index in [1.165, 1.54) is 44.1 Å². The van der Waals surface area contributed by atoms with Crippen molar-refractivity contribution in [2.75, 3.05) is 0 Å². The van der Waals surface area contributed by atoms with Gasteiger partial charge in [0.25, 0.3) is 5.91 Å². The number of amides is 1. The van der Waals surface area contributed by atoms with Gasteiger partial charge in [0.1, 0.15) is 0 Å². The molecule has 2 fully saturated rings. The second-order valence-corrected chi connectivity index (χ2v) is 11.1. The lowest BCUT2D eigenvalue weighted by molar-refractivity contribution is -0.137. The maximum absolute atomic E-state index is 12.9. The molecule has 3 aliphatic rings. The molecule has 210 valence electrons. The van der Waals surface area contributed by atoms with E-state index in [9.17, 15) is 18.0 Å². The zero-order valence-corrected chi connectivity index (χ0v) is 22.3. The molecule has 0 spiro atoms. The molecule has 3 aliphatic carbocycles. The van der Waals surface area contributed by atoms with E-state index in [0.29, 0.717) is 12.5 Å². The number of pyridine rings is 1. The third kappa shape index (κ3) is 5.93. The van der Waals surface area contributed by atoms with Crippen LogP contribution in [0.3, 0.4) is 0 Å². The lowest BCUT2D eigenvalue weighted by Crippen LogP contribution is -2.24. The number of hydrogen-bond donors (Lipinski definition) is 1. The van der Waals surface area contributed by atoms with Crippen LogP contribution in [0.25, 0.3) is 5.57 Å². The highest BCUT2D eigenvalue weighted by molar-refractivity contribution is 5.91. The third-order valence-corrected chi connectivity index (χ3v) is 8.16. The first-order valence-corrected chi connectivity index (χ1v) is 14.1. The molecule has 0 atom stereocenters. The number of carbonyl (C=O) groups is 1. The highest BCUT2D eigenvalue weighted by atomic mass is 19.4. The summed E-state index contributed by atoms with van der Waals surface area (Å²) in [5, 5.41) is 19.6. The SMILES string of the molecule is O=C(NCc1cc(C(F)(F)F)ccn1)c1cn(CCCCc2cc3c(nn2)CC(C2CCCC2)=C3C2CC2)nn1. The van der Waals surface area contributed by atoms with Crippen molar-refractivity contribution in [2.45, 2.75) is 83.5 Å². The summed E-state index contributed by atoms with van der Waals surface area (Å²) >= 11 is 0. The number of alkyl halides is 3. The summed E-state index contributed by atoms with van der Waals surface area (Å²) in [6, 6.07) is 4.08. The molecule has 2 saturated carbocycles. The van der Waals surface area contributed by atoms with E-state index in [4.69, 9.17) is 0 Å². The molecule has 3 aromatic heterocycles. The van der Waals surface area contributed by atoms with Crippen LogP contribution < -0.4 is 5.32 Å². The molecule has 11 heteroatoms. The second kappa shape index (κ2) is 11.1. The van der Waals surface area contributed by atoms with E-state index in [0.717, 1.165) is 61.3 Å². The van der Waals surface area contributed by atoms with Crippen LogP contribution in [-0.4, -0.2) is 36.1 Å². The first kappa shape index (κ1) is 26.6. The Morgan fingerprint density at radius 2 is 1.82 bits per heavy atom. The van der Waals surface area contributed by atoms with Crippen molar-refractivity contribution < 1.29 is 18.0 Å². The van der Waals surface area contributed by atoms with Gasteiger partial charge in [-0.1, -0.05) is 23.6 Å². The molecule has 0 saturated heterocycles. The van der Waals surface area contributed by atoms with Gasteiger partial charge in [0, 0.05) is 24.7 Å². The van der Waals surface area contributed by atoms with Crippen LogP contribution in [0.4, 0.5) is 13.2 Å². The predicted octanol–water partition coefficient (Wildman–Crippen LogP) is 5.34. The van der Waals surface area contributed by atoms with E-state index in [1.54, 1.807) is 22.0 Å². The minimum absolute atomic E-state index is 0.105. The Hall–Kier alpha value is -3.63. The van der Waals surface area contributed by atoms with Crippen LogP contribution in [0.5, 0.6) is 0 Å². The summed E-state index contributed by atoms with van der Waals surface area (Å²) in [7, 11) is 0. The highest BCUT2D eigenvalue weighted by Crippen LogP contribution is 2.51. The maximum Gasteiger partial charge on any atom is 0.416 e. The number of aryl methyl sites for hydroxylation is 2. The van der Waals surface area contributed by atoms with Crippen molar-refractivity contribution in [1.82, 2.24) is 35.5 Å². The minimum atomic E-state index is -4.47. The predicted molar refractivity (Wildman–Crippen MR) is 141 cm³/mol. The number of allylic oxidation sites excluding steroid dienone is 2. The van der Waals surface area contributed by atoms with Crippen molar-refractivity contribution >= 4 is 11.5 Å². The average molecular weight is 552 g/mol. The van der Waals surface area contributed by atoms with Gasteiger partial charge in [-0.3, -0.25) is 14.5 Å². The fourth-order valence-electron chi connectivity index (χ4n) is 5.99. The zero-order valence-electron chi connectivity index (χ0n) is 22.3. The minimum Gasteiger partial charge on any atom is -0.345 e. The summed E-state index contributed by atoms with van der Waals surface area (Å²) in [6.07, 6.45) is 9.59. The van der Waals surface area contributed by atoms with Crippen LogP contribution in [0.1, 0.15) is 90.1 Å². The first-order valence-electron chi connectivity index (χ1n) is 14.1. The second-order valence-electron chi connectivity index (χ2n) is 11.1. The number of aromatic nitrogens is 6. The van der Waals surface area contributed by atoms with Crippen LogP contribution >= 0.6 is 0 Å². The Morgan fingerprint density at radius 1 is 1.00 bits per heavy atom. The standard InChI is InChI=1S/C29H32F3N7O/c30-29(31,32)20-10-11-33-22(13-20)16-34-28(40)26-17-39(38-37-26)12-4-3-7-21-14-24-25(36-35-21)15-23(18-5-1-2-6-18)27(24)19-8-9-19/h10-11,13-14,17-19H,1-9,12,15-16H2,(H,34,40). The average Bonchev–Trinajstić information content (AvgIpc) is 3.32. The van der Waals surface area contributed by atoms with Gasteiger partial charge >= 0.3 is 6.18 Å². The number of hydrogen-bond acceptors (Lipinski definition) is 6. The lowest BCUT2D eigenvalue weighted by Gasteiger charge is -2.14. The highest BCUT2D eigenvalue weighted by Gasteiger charge is 2.38. The maximum atomic E-state index is 12.9. The van der Waals surface area contributed by atoms with Gasteiger partial charge in [-0.05, 0) is 80.6 Å². The van der Waals surface area contributed by atoms with E-state index >= 15 is 0 Å². The van der Waals surface area contributed by atoms with Crippen molar-refractivity contribution in [2.24, 2.45) is 11.8 Å². The van der Waals surface area contributed by atoms with Gasteiger partial charge in [-0.2, -0.15) is 23.4 Å². The summed E-state index contributed by atoms with van der Waals surface area (Å²) in [6.45, 7) is 0.449. The Morgan fingerprint density at radius 3 is 2.60 bits per heavy atom. The normalized spacial score (nSPS) is 17.5. The molecule has 0 unspecified atom stereocenters. The molecule has 0 aromatic carbocycles. The molecule has 8 nitrogen and oxygen atoms in total. The summed E-state index contributed by atoms with van der Waals surface area (Å²) in [4.78, 5) is 16.3. The van der Waals surface area contributed by atoms with Crippen LogP contribution in [0.2, 0.25) is 0 Å². The number of halogens is 3. The Bertz CT molecular complexity index is 1420. The number of rotatable bonds is 10. The molecule has 6 rings (SSSR count). The Balaban J connectivity index is 0.993. The van der Waals surface area contributed by atoms with Gasteiger partial charge in [-0.15, -0.1) is 5.10 Å². The van der Waals surface area contributed by atoms with Crippen molar-refractivity contribution in [3.8, 4) is 0 Å². The largest absolute Gasteiger partial charge is 0.416 e. The van der Waals surface area contributed by atoms with E-state index in [1.807, 2.05) is 0 Å². The van der Waals surface area contributed by atoms with Crippen LogP contribution in [0, 0.1) is 11.8 Å². The summed E-state index contributed by atoms with van der Waals surface area (Å²) in [5.41, 5.74) is 6.18. The number of nitrogens with zero attached hydrogens (tertiary/aromatic N) is 6. The molecule has 0 bridgehead atoms.